The predicted octanol–water partition coefficient (Wildman–Crippen LogP) is 0.567. The molecule has 1 N–H and O–H groups in total. The van der Waals surface area contributed by atoms with E-state index in [4.69, 9.17) is 9.84 Å². The molecule has 0 radical (unpaired) electrons. The highest BCUT2D eigenvalue weighted by Crippen LogP contribution is 2.18. The number of nitro benzene ring substituents is 1. The molecule has 7 nitrogen and oxygen atoms in total. The van der Waals surface area contributed by atoms with Crippen molar-refractivity contribution < 1.29 is 24.0 Å². The highest BCUT2D eigenvalue weighted by Gasteiger charge is 2.26. The Balaban J connectivity index is 2.22. The number of amides is 1. The van der Waals surface area contributed by atoms with Crippen molar-refractivity contribution in [2.45, 2.75) is 6.10 Å². The molecule has 8 heteroatoms. The first-order chi connectivity index (χ1) is 9.51. The number of aliphatic hydroxyl groups is 1. The van der Waals surface area contributed by atoms with E-state index in [9.17, 15) is 19.3 Å². The Morgan fingerprint density at radius 2 is 2.30 bits per heavy atom. The van der Waals surface area contributed by atoms with E-state index < -0.39 is 28.4 Å². The lowest BCUT2D eigenvalue weighted by Gasteiger charge is -2.32. The van der Waals surface area contributed by atoms with Gasteiger partial charge in [0.15, 0.2) is 0 Å². The van der Waals surface area contributed by atoms with Gasteiger partial charge >= 0.3 is 0 Å². The van der Waals surface area contributed by atoms with Crippen LogP contribution in [-0.4, -0.2) is 53.2 Å². The standard InChI is InChI=1S/C12H13FN2O5/c13-9-3-8(4-10(5-9)15(18)19)12(17)14-1-2-20-11(6-14)7-16/h3-5,11,16H,1-2,6-7H2. The van der Waals surface area contributed by atoms with E-state index in [1.807, 2.05) is 0 Å². The summed E-state index contributed by atoms with van der Waals surface area (Å²) in [5, 5.41) is 19.7. The van der Waals surface area contributed by atoms with Gasteiger partial charge < -0.3 is 14.7 Å². The average molecular weight is 284 g/mol. The Labute approximate surface area is 113 Å². The van der Waals surface area contributed by atoms with Crippen molar-refractivity contribution in [3.63, 3.8) is 0 Å². The molecule has 1 aliphatic rings. The molecule has 0 spiro atoms. The third-order valence-electron chi connectivity index (χ3n) is 2.97. The second kappa shape index (κ2) is 5.93. The lowest BCUT2D eigenvalue weighted by Crippen LogP contribution is -2.46. The number of benzene rings is 1. The number of nitrogens with zero attached hydrogens (tertiary/aromatic N) is 2. The highest BCUT2D eigenvalue weighted by molar-refractivity contribution is 5.95. The molecular weight excluding hydrogens is 271 g/mol. The van der Waals surface area contributed by atoms with Crippen molar-refractivity contribution in [2.24, 2.45) is 0 Å². The Bertz CT molecular complexity index is 537. The first-order valence-corrected chi connectivity index (χ1v) is 5.98. The van der Waals surface area contributed by atoms with Gasteiger partial charge in [-0.3, -0.25) is 14.9 Å². The van der Waals surface area contributed by atoms with Crippen molar-refractivity contribution in [2.75, 3.05) is 26.3 Å². The molecule has 1 atom stereocenters. The number of hydrogen-bond acceptors (Lipinski definition) is 5. The Kier molecular flexibility index (Phi) is 4.26. The van der Waals surface area contributed by atoms with E-state index >= 15 is 0 Å². The maximum absolute atomic E-state index is 13.3. The fourth-order valence-electron chi connectivity index (χ4n) is 2.00. The van der Waals surface area contributed by atoms with E-state index in [-0.39, 0.29) is 25.3 Å². The lowest BCUT2D eigenvalue weighted by atomic mass is 10.1. The van der Waals surface area contributed by atoms with Crippen LogP contribution in [0, 0.1) is 15.9 Å². The number of ether oxygens (including phenoxy) is 1. The predicted molar refractivity (Wildman–Crippen MR) is 65.8 cm³/mol. The van der Waals surface area contributed by atoms with Crippen molar-refractivity contribution in [1.82, 2.24) is 4.90 Å². The smallest absolute Gasteiger partial charge is 0.273 e. The van der Waals surface area contributed by atoms with Gasteiger partial charge in [0.25, 0.3) is 11.6 Å². The summed E-state index contributed by atoms with van der Waals surface area (Å²) < 4.78 is 18.5. The highest BCUT2D eigenvalue weighted by atomic mass is 19.1. The van der Waals surface area contributed by atoms with Gasteiger partial charge in [0.1, 0.15) is 5.82 Å². The molecule has 0 saturated carbocycles. The number of rotatable bonds is 3. The zero-order valence-corrected chi connectivity index (χ0v) is 10.5. The summed E-state index contributed by atoms with van der Waals surface area (Å²) in [5.74, 6) is -1.36. The largest absolute Gasteiger partial charge is 0.394 e. The van der Waals surface area contributed by atoms with E-state index in [1.165, 1.54) is 4.90 Å². The lowest BCUT2D eigenvalue weighted by molar-refractivity contribution is -0.385. The van der Waals surface area contributed by atoms with Gasteiger partial charge in [-0.2, -0.15) is 0 Å². The minimum absolute atomic E-state index is 0.0877. The van der Waals surface area contributed by atoms with Crippen molar-refractivity contribution in [3.05, 3.63) is 39.7 Å². The second-order valence-corrected chi connectivity index (χ2v) is 4.38. The molecule has 1 amide bonds. The van der Waals surface area contributed by atoms with Crippen LogP contribution in [0.15, 0.2) is 18.2 Å². The maximum atomic E-state index is 13.3. The molecule has 1 aliphatic heterocycles. The fraction of sp³-hybridized carbons (Fsp3) is 0.417. The molecule has 1 heterocycles. The number of halogens is 1. The summed E-state index contributed by atoms with van der Waals surface area (Å²) in [6, 6.07) is 2.75. The number of aliphatic hydroxyl groups excluding tert-OH is 1. The van der Waals surface area contributed by atoms with Crippen LogP contribution in [0.4, 0.5) is 10.1 Å². The van der Waals surface area contributed by atoms with Gasteiger partial charge in [0.05, 0.1) is 30.3 Å². The van der Waals surface area contributed by atoms with Crippen LogP contribution in [0.1, 0.15) is 10.4 Å². The van der Waals surface area contributed by atoms with E-state index in [2.05, 4.69) is 0 Å². The molecule has 1 aromatic carbocycles. The Morgan fingerprint density at radius 3 is 2.95 bits per heavy atom. The molecule has 0 aromatic heterocycles. The second-order valence-electron chi connectivity index (χ2n) is 4.38. The summed E-state index contributed by atoms with van der Waals surface area (Å²) in [7, 11) is 0. The summed E-state index contributed by atoms with van der Waals surface area (Å²) in [6.07, 6.45) is -0.490. The molecule has 20 heavy (non-hydrogen) atoms. The minimum atomic E-state index is -0.838. The minimum Gasteiger partial charge on any atom is -0.394 e. The van der Waals surface area contributed by atoms with Crippen molar-refractivity contribution in [1.29, 1.82) is 0 Å². The maximum Gasteiger partial charge on any atom is 0.273 e. The van der Waals surface area contributed by atoms with Gasteiger partial charge in [-0.15, -0.1) is 0 Å². The molecule has 2 rings (SSSR count). The van der Waals surface area contributed by atoms with Gasteiger partial charge in [-0.05, 0) is 6.07 Å². The molecule has 108 valence electrons. The third-order valence-corrected chi connectivity index (χ3v) is 2.97. The molecule has 1 unspecified atom stereocenters. The number of non-ortho nitro benzene ring substituents is 1. The monoisotopic (exact) mass is 284 g/mol. The van der Waals surface area contributed by atoms with Gasteiger partial charge in [-0.1, -0.05) is 0 Å². The zero-order chi connectivity index (χ0) is 14.7. The van der Waals surface area contributed by atoms with Crippen LogP contribution < -0.4 is 0 Å². The van der Waals surface area contributed by atoms with Gasteiger partial charge in [0, 0.05) is 24.7 Å². The van der Waals surface area contributed by atoms with Crippen molar-refractivity contribution >= 4 is 11.6 Å². The first kappa shape index (κ1) is 14.4. The molecule has 0 aliphatic carbocycles. The quantitative estimate of drug-likeness (QED) is 0.647. The van der Waals surface area contributed by atoms with Gasteiger partial charge in [0.2, 0.25) is 0 Å². The number of carbonyl (C=O) groups excluding carboxylic acids is 1. The molecular formula is C12H13FN2O5. The molecule has 1 fully saturated rings. The van der Waals surface area contributed by atoms with Crippen LogP contribution in [0.2, 0.25) is 0 Å². The van der Waals surface area contributed by atoms with E-state index in [0.29, 0.717) is 6.54 Å². The van der Waals surface area contributed by atoms with Crippen LogP contribution in [0.5, 0.6) is 0 Å². The Hall–Kier alpha value is -2.06. The van der Waals surface area contributed by atoms with E-state index in [1.54, 1.807) is 0 Å². The van der Waals surface area contributed by atoms with E-state index in [0.717, 1.165) is 18.2 Å². The first-order valence-electron chi connectivity index (χ1n) is 5.98. The van der Waals surface area contributed by atoms with Gasteiger partial charge in [-0.25, -0.2) is 4.39 Å². The summed E-state index contributed by atoms with van der Waals surface area (Å²) in [5.41, 5.74) is -0.560. The fourth-order valence-corrected chi connectivity index (χ4v) is 2.00. The average Bonchev–Trinajstić information content (AvgIpc) is 2.45. The van der Waals surface area contributed by atoms with Crippen LogP contribution in [0.3, 0.4) is 0 Å². The summed E-state index contributed by atoms with van der Waals surface area (Å²) in [4.78, 5) is 23.5. The normalized spacial score (nSPS) is 18.9. The van der Waals surface area contributed by atoms with Crippen LogP contribution in [0.25, 0.3) is 0 Å². The number of nitro groups is 1. The number of hydrogen-bond donors (Lipinski definition) is 1. The van der Waals surface area contributed by atoms with Crippen molar-refractivity contribution in [3.8, 4) is 0 Å². The molecule has 0 bridgehead atoms. The molecule has 1 aromatic rings. The zero-order valence-electron chi connectivity index (χ0n) is 10.5. The van der Waals surface area contributed by atoms with Crippen LogP contribution in [-0.2, 0) is 4.74 Å². The number of carbonyl (C=O) groups is 1. The summed E-state index contributed by atoms with van der Waals surface area (Å²) >= 11 is 0. The van der Waals surface area contributed by atoms with Crippen LogP contribution >= 0.6 is 0 Å². The number of morpholine rings is 1. The third kappa shape index (κ3) is 3.09. The topological polar surface area (TPSA) is 92.9 Å². The summed E-state index contributed by atoms with van der Waals surface area (Å²) in [6.45, 7) is 0.487. The SMILES string of the molecule is O=C(c1cc(F)cc([N+](=O)[O-])c1)N1CCOC(CO)C1. The molecule has 1 saturated heterocycles. The Morgan fingerprint density at radius 1 is 1.55 bits per heavy atom.